The van der Waals surface area contributed by atoms with E-state index in [1.54, 1.807) is 22.2 Å². The molecule has 2 aliphatic carbocycles. The van der Waals surface area contributed by atoms with Crippen molar-refractivity contribution in [1.29, 1.82) is 5.26 Å². The van der Waals surface area contributed by atoms with Gasteiger partial charge in [0.1, 0.15) is 18.1 Å². The van der Waals surface area contributed by atoms with Gasteiger partial charge in [-0.05, 0) is 65.2 Å². The number of hydrogen-bond donors (Lipinski definition) is 2. The molecule has 0 bridgehead atoms. The minimum atomic E-state index is -5.20. The van der Waals surface area contributed by atoms with Crippen molar-refractivity contribution in [2.24, 2.45) is 16.2 Å². The number of carbonyl (C=O) groups is 3. The van der Waals surface area contributed by atoms with Crippen LogP contribution in [0.25, 0.3) is 5.52 Å². The van der Waals surface area contributed by atoms with Gasteiger partial charge in [-0.25, -0.2) is 4.52 Å². The van der Waals surface area contributed by atoms with Gasteiger partial charge in [-0.3, -0.25) is 14.4 Å². The number of nitriles is 1. The van der Waals surface area contributed by atoms with Gasteiger partial charge in [0.25, 0.3) is 0 Å². The van der Waals surface area contributed by atoms with Gasteiger partial charge < -0.3 is 20.3 Å². The third-order valence-corrected chi connectivity index (χ3v) is 10.3. The molecule has 0 radical (unpaired) electrons. The van der Waals surface area contributed by atoms with Crippen LogP contribution in [0.4, 0.5) is 13.2 Å². The van der Waals surface area contributed by atoms with Crippen molar-refractivity contribution < 1.29 is 32.3 Å². The Morgan fingerprint density at radius 1 is 1.32 bits per heavy atom. The predicted molar refractivity (Wildman–Crippen MR) is 142 cm³/mol. The van der Waals surface area contributed by atoms with Crippen molar-refractivity contribution in [1.82, 2.24) is 25.1 Å². The van der Waals surface area contributed by atoms with Crippen LogP contribution in [0.5, 0.6) is 0 Å². The number of likely N-dealkylation sites (tertiary alicyclic amines) is 1. The maximum absolute atomic E-state index is 13.8. The van der Waals surface area contributed by atoms with Crippen LogP contribution in [-0.2, 0) is 25.5 Å². The van der Waals surface area contributed by atoms with Crippen LogP contribution in [0.1, 0.15) is 39.2 Å². The number of aromatic nitrogens is 2. The second-order valence-electron chi connectivity index (χ2n) is 11.7. The number of piperidine rings is 2. The number of ether oxygens (including phenoxy) is 1. The molecule has 1 aliphatic heterocycles. The summed E-state index contributed by atoms with van der Waals surface area (Å²) < 4.78 is 46.8. The van der Waals surface area contributed by atoms with Crippen LogP contribution in [0.3, 0.4) is 0 Å². The molecule has 3 aliphatic rings. The minimum Gasteiger partial charge on any atom is -0.379 e. The summed E-state index contributed by atoms with van der Waals surface area (Å²) in [5.41, 5.74) is 0.593. The Morgan fingerprint density at radius 3 is 2.63 bits per heavy atom. The maximum Gasteiger partial charge on any atom is 0.471 e. The zero-order valence-electron chi connectivity index (χ0n) is 22.9. The fraction of sp³-hybridized carbons (Fsp3) is 0.593. The van der Waals surface area contributed by atoms with E-state index in [0.717, 1.165) is 15.6 Å². The smallest absolute Gasteiger partial charge is 0.379 e. The van der Waals surface area contributed by atoms with E-state index in [9.17, 15) is 32.8 Å². The van der Waals surface area contributed by atoms with Crippen LogP contribution in [0.2, 0.25) is 0 Å². The van der Waals surface area contributed by atoms with Gasteiger partial charge in [-0.2, -0.15) is 23.5 Å². The quantitative estimate of drug-likeness (QED) is 0.435. The Bertz CT molecular complexity index is 1470. The monoisotopic (exact) mass is 638 g/mol. The molecule has 3 amide bonds. The first-order chi connectivity index (χ1) is 19.2. The second-order valence-corrected chi connectivity index (χ2v) is 12.5. The van der Waals surface area contributed by atoms with Crippen molar-refractivity contribution >= 4 is 39.2 Å². The van der Waals surface area contributed by atoms with Gasteiger partial charge in [0.05, 0.1) is 23.9 Å². The summed E-state index contributed by atoms with van der Waals surface area (Å²) in [4.78, 5) is 40.4. The summed E-state index contributed by atoms with van der Waals surface area (Å²) in [5, 5.41) is 18.7. The standard InChI is InChI=1S/C27H30BrF3N6O4/c1-14(41-4)18(35-23(40)27(29,30)31)22(39)36-13-25-12-26(25,24(25,2)3)20(36)21(38)34-16(10-32)8-7-15-11-33-37-9-5-6-17(28)19(15)37/h5-6,9,11,14,16,18,20H,7-8,12-13H2,1-4H3,(H,34,38)(H,35,40)/t14-,16?,18+,20-,25?,26+/m1/s1. The highest BCUT2D eigenvalue weighted by Gasteiger charge is 3.02. The number of hydrogen-bond acceptors (Lipinski definition) is 6. The molecule has 220 valence electrons. The van der Waals surface area contributed by atoms with E-state index in [1.807, 2.05) is 26.0 Å². The number of pyridine rings is 1. The first-order valence-corrected chi connectivity index (χ1v) is 14.0. The van der Waals surface area contributed by atoms with Crippen molar-refractivity contribution in [3.05, 3.63) is 34.6 Å². The zero-order chi connectivity index (χ0) is 30.1. The van der Waals surface area contributed by atoms with E-state index in [0.29, 0.717) is 12.8 Å². The number of aryl methyl sites for hydroxylation is 1. The van der Waals surface area contributed by atoms with Crippen LogP contribution in [-0.4, -0.2) is 76.3 Å². The number of nitrogens with one attached hydrogen (secondary N) is 2. The number of fused-ring (bicyclic) bond motifs is 1. The second kappa shape index (κ2) is 9.69. The van der Waals surface area contributed by atoms with Gasteiger partial charge >= 0.3 is 12.1 Å². The van der Waals surface area contributed by atoms with Gasteiger partial charge in [-0.1, -0.05) is 13.8 Å². The summed E-state index contributed by atoms with van der Waals surface area (Å²) in [5.74, 6) is -3.64. The average molecular weight is 639 g/mol. The molecule has 0 aromatic carbocycles. The largest absolute Gasteiger partial charge is 0.471 e. The average Bonchev–Trinajstić information content (AvgIpc) is 3.47. The summed E-state index contributed by atoms with van der Waals surface area (Å²) in [6.45, 7) is 5.55. The number of carbonyl (C=O) groups excluding carboxylic acids is 3. The fourth-order valence-electron chi connectivity index (χ4n) is 7.16. The Kier molecular flexibility index (Phi) is 6.93. The van der Waals surface area contributed by atoms with Crippen LogP contribution in [0, 0.1) is 27.6 Å². The molecular weight excluding hydrogens is 609 g/mol. The van der Waals surface area contributed by atoms with E-state index in [4.69, 9.17) is 4.74 Å². The normalized spacial score (nSPS) is 27.7. The first-order valence-electron chi connectivity index (χ1n) is 13.2. The molecule has 2 N–H and O–H groups in total. The minimum absolute atomic E-state index is 0.166. The Morgan fingerprint density at radius 2 is 2.02 bits per heavy atom. The van der Waals surface area contributed by atoms with E-state index < -0.39 is 53.5 Å². The SMILES string of the molecule is CO[C@H](C)[C@H](NC(=O)C(F)(F)F)C(=O)N1CC23C[C@]2([C@H]1C(=O)NC(C#N)CCc1cnn2cccc(Br)c12)C3(C)C. The van der Waals surface area contributed by atoms with Gasteiger partial charge in [-0.15, -0.1) is 0 Å². The zero-order valence-corrected chi connectivity index (χ0v) is 24.5. The molecule has 2 aromatic rings. The lowest BCUT2D eigenvalue weighted by atomic mass is 9.80. The molecule has 2 saturated carbocycles. The number of nitrogens with zero attached hydrogens (tertiary/aromatic N) is 4. The van der Waals surface area contributed by atoms with Crippen LogP contribution < -0.4 is 10.6 Å². The lowest BCUT2D eigenvalue weighted by Gasteiger charge is -2.41. The van der Waals surface area contributed by atoms with Gasteiger partial charge in [0, 0.05) is 35.2 Å². The molecule has 0 spiro atoms. The van der Waals surface area contributed by atoms with Gasteiger partial charge in [0.2, 0.25) is 11.8 Å². The third-order valence-electron chi connectivity index (χ3n) is 9.70. The highest BCUT2D eigenvalue weighted by Crippen LogP contribution is 3.00. The summed E-state index contributed by atoms with van der Waals surface area (Å²) in [7, 11) is 1.22. The molecule has 2 aromatic heterocycles. The van der Waals surface area contributed by atoms with Crippen molar-refractivity contribution in [2.75, 3.05) is 13.7 Å². The lowest BCUT2D eigenvalue weighted by molar-refractivity contribution is -0.176. The fourth-order valence-corrected chi connectivity index (χ4v) is 7.75. The molecule has 3 fully saturated rings. The third kappa shape index (κ3) is 4.22. The molecule has 41 heavy (non-hydrogen) atoms. The number of rotatable bonds is 9. The number of halogens is 4. The lowest BCUT2D eigenvalue weighted by Crippen LogP contribution is -2.62. The summed E-state index contributed by atoms with van der Waals surface area (Å²) in [6.07, 6.45) is -1.38. The van der Waals surface area contributed by atoms with Crippen LogP contribution in [0.15, 0.2) is 29.0 Å². The molecule has 1 saturated heterocycles. The Hall–Kier alpha value is -3.18. The Labute approximate surface area is 242 Å². The molecule has 3 heterocycles. The molecule has 14 heteroatoms. The maximum atomic E-state index is 13.8. The summed E-state index contributed by atoms with van der Waals surface area (Å²) in [6, 6.07) is 2.29. The van der Waals surface area contributed by atoms with Crippen LogP contribution >= 0.6 is 15.9 Å². The van der Waals surface area contributed by atoms with Crippen molar-refractivity contribution in [2.45, 2.75) is 70.4 Å². The first kappa shape index (κ1) is 29.3. The predicted octanol–water partition coefficient (Wildman–Crippen LogP) is 2.75. The van der Waals surface area contributed by atoms with E-state index in [2.05, 4.69) is 32.4 Å². The van der Waals surface area contributed by atoms with E-state index in [-0.39, 0.29) is 23.8 Å². The number of amides is 3. The molecule has 5 rings (SSSR count). The Balaban J connectivity index is 1.35. The molecule has 6 atom stereocenters. The summed E-state index contributed by atoms with van der Waals surface area (Å²) >= 11 is 3.51. The number of methoxy groups -OCH3 is 1. The van der Waals surface area contributed by atoms with E-state index >= 15 is 0 Å². The number of alkyl halides is 3. The van der Waals surface area contributed by atoms with Gasteiger partial charge in [0.15, 0.2) is 0 Å². The van der Waals surface area contributed by atoms with Crippen molar-refractivity contribution in [3.63, 3.8) is 0 Å². The molecular formula is C27H30BrF3N6O4. The molecule has 10 nitrogen and oxygen atoms in total. The van der Waals surface area contributed by atoms with Crippen molar-refractivity contribution in [3.8, 4) is 6.07 Å². The molecule has 2 unspecified atom stereocenters. The van der Waals surface area contributed by atoms with E-state index in [1.165, 1.54) is 18.9 Å². The highest BCUT2D eigenvalue weighted by molar-refractivity contribution is 9.10. The topological polar surface area (TPSA) is 129 Å². The highest BCUT2D eigenvalue weighted by atomic mass is 79.9.